The minimum atomic E-state index is -0.208. The lowest BCUT2D eigenvalue weighted by Crippen LogP contribution is -2.15. The van der Waals surface area contributed by atoms with Crippen molar-refractivity contribution in [3.05, 3.63) is 140 Å². The van der Waals surface area contributed by atoms with Gasteiger partial charge in [0.15, 0.2) is 0 Å². The fourth-order valence-corrected chi connectivity index (χ4v) is 7.95. The Labute approximate surface area is 314 Å². The minimum absolute atomic E-state index is 0.169. The third kappa shape index (κ3) is 7.85. The number of hydrogen-bond donors (Lipinski definition) is 4. The van der Waals surface area contributed by atoms with E-state index in [4.69, 9.17) is 0 Å². The Morgan fingerprint density at radius 3 is 0.885 bits per heavy atom. The largest absolute Gasteiger partial charge is 0.507 e. The van der Waals surface area contributed by atoms with Crippen molar-refractivity contribution in [1.82, 2.24) is 0 Å². The summed E-state index contributed by atoms with van der Waals surface area (Å²) in [6.45, 7) is 21.5. The van der Waals surface area contributed by atoms with Crippen LogP contribution in [0.2, 0.25) is 0 Å². The SMILES string of the molecule is Cc1ccc(Sc2cc3c(O)c(c2)Cc2cc(C(C)(C)C)cc(c2O)Cc2cc(C(C)(C)C)cc(c2O)Cc2cc(C(C)(C)C)cc(c2O)C3)cc1. The molecule has 0 unspecified atom stereocenters. The lowest BCUT2D eigenvalue weighted by Gasteiger charge is -2.26. The van der Waals surface area contributed by atoms with Gasteiger partial charge in [-0.1, -0.05) is 128 Å². The van der Waals surface area contributed by atoms with Crippen LogP contribution in [-0.4, -0.2) is 20.4 Å². The van der Waals surface area contributed by atoms with E-state index >= 15 is 0 Å². The average molecular weight is 715 g/mol. The molecule has 0 radical (unpaired) electrons. The van der Waals surface area contributed by atoms with Crippen molar-refractivity contribution in [1.29, 1.82) is 0 Å². The molecule has 0 amide bonds. The molecule has 8 bridgehead atoms. The van der Waals surface area contributed by atoms with Gasteiger partial charge in [-0.15, -0.1) is 0 Å². The molecular weight excluding hydrogens is 661 g/mol. The number of phenolic OH excluding ortho intramolecular Hbond substituents is 4. The van der Waals surface area contributed by atoms with E-state index in [9.17, 15) is 20.4 Å². The Balaban J connectivity index is 1.65. The van der Waals surface area contributed by atoms with Crippen molar-refractivity contribution >= 4 is 11.8 Å². The zero-order valence-corrected chi connectivity index (χ0v) is 33.3. The fraction of sp³-hybridized carbons (Fsp3) is 0.362. The van der Waals surface area contributed by atoms with Gasteiger partial charge >= 0.3 is 0 Å². The van der Waals surface area contributed by atoms with E-state index in [2.05, 4.69) is 130 Å². The highest BCUT2D eigenvalue weighted by Crippen LogP contribution is 2.43. The monoisotopic (exact) mass is 714 g/mol. The average Bonchev–Trinajstić information content (AvgIpc) is 3.03. The Morgan fingerprint density at radius 1 is 0.385 bits per heavy atom. The second-order valence-corrected chi connectivity index (χ2v) is 19.0. The Hall–Kier alpha value is -4.35. The first-order valence-electron chi connectivity index (χ1n) is 18.3. The maximum atomic E-state index is 12.0. The summed E-state index contributed by atoms with van der Waals surface area (Å²) >= 11 is 1.64. The Morgan fingerprint density at radius 2 is 0.635 bits per heavy atom. The molecule has 0 atom stereocenters. The van der Waals surface area contributed by atoms with Crippen molar-refractivity contribution < 1.29 is 20.4 Å². The lowest BCUT2D eigenvalue weighted by atomic mass is 9.80. The van der Waals surface area contributed by atoms with Gasteiger partial charge in [-0.05, 0) is 109 Å². The summed E-state index contributed by atoms with van der Waals surface area (Å²) in [4.78, 5) is 2.06. The molecular formula is C47H54O4S. The standard InChI is InChI=1S/C47H54O4S/c1-27-11-13-39(14-12-27)52-40-25-34-17-32-23-37(46(5,6)7)21-30(42(32)49)15-28-19-36(45(2,3)4)20-29(41(28)48)16-31-22-38(47(8,9)10)24-33(43(31)50)18-35(26-40)44(34)51/h11-14,19-26,48-51H,15-18H2,1-10H3. The zero-order valence-electron chi connectivity index (χ0n) is 32.5. The predicted octanol–water partition coefficient (Wildman–Crippen LogP) is 11.5. The van der Waals surface area contributed by atoms with E-state index in [0.717, 1.165) is 59.9 Å². The molecule has 5 aromatic rings. The van der Waals surface area contributed by atoms with Crippen molar-refractivity contribution in [3.8, 4) is 23.0 Å². The van der Waals surface area contributed by atoms with Gasteiger partial charge in [-0.2, -0.15) is 0 Å². The van der Waals surface area contributed by atoms with Crippen LogP contribution in [0.3, 0.4) is 0 Å². The summed E-state index contributed by atoms with van der Waals surface area (Å²) in [7, 11) is 0. The highest BCUT2D eigenvalue weighted by atomic mass is 32.2. The molecule has 52 heavy (non-hydrogen) atoms. The molecule has 5 heteroatoms. The molecule has 5 aromatic carbocycles. The molecule has 0 fully saturated rings. The Kier molecular flexibility index (Phi) is 9.76. The number of hydrogen-bond acceptors (Lipinski definition) is 5. The summed E-state index contributed by atoms with van der Waals surface area (Å²) in [6.07, 6.45) is 1.27. The predicted molar refractivity (Wildman–Crippen MR) is 215 cm³/mol. The van der Waals surface area contributed by atoms with Crippen LogP contribution >= 0.6 is 11.8 Å². The summed E-state index contributed by atoms with van der Waals surface area (Å²) in [5, 5.41) is 48.0. The maximum Gasteiger partial charge on any atom is 0.122 e. The van der Waals surface area contributed by atoms with Gasteiger partial charge in [0.1, 0.15) is 23.0 Å². The third-order valence-electron chi connectivity index (χ3n) is 10.4. The van der Waals surface area contributed by atoms with Gasteiger partial charge in [-0.3, -0.25) is 0 Å². The van der Waals surface area contributed by atoms with Gasteiger partial charge in [0, 0.05) is 35.5 Å². The van der Waals surface area contributed by atoms with Crippen molar-refractivity contribution in [3.63, 3.8) is 0 Å². The Bertz CT molecular complexity index is 2040. The summed E-state index contributed by atoms with van der Waals surface area (Å²) in [5.41, 5.74) is 9.57. The first-order chi connectivity index (χ1) is 24.2. The first kappa shape index (κ1) is 37.4. The number of aromatic hydroxyl groups is 4. The van der Waals surface area contributed by atoms with E-state index in [-0.39, 0.29) is 39.2 Å². The number of phenols is 4. The van der Waals surface area contributed by atoms with Crippen LogP contribution in [0.4, 0.5) is 0 Å². The fourth-order valence-electron chi connectivity index (χ4n) is 7.01. The molecule has 0 spiro atoms. The van der Waals surface area contributed by atoms with Gasteiger partial charge < -0.3 is 20.4 Å². The van der Waals surface area contributed by atoms with E-state index in [1.54, 1.807) is 11.8 Å². The van der Waals surface area contributed by atoms with Crippen molar-refractivity contribution in [2.24, 2.45) is 0 Å². The highest BCUT2D eigenvalue weighted by Gasteiger charge is 2.26. The molecule has 4 N–H and O–H groups in total. The molecule has 1 aliphatic rings. The molecule has 0 aromatic heterocycles. The normalized spacial score (nSPS) is 13.7. The van der Waals surface area contributed by atoms with Crippen LogP contribution < -0.4 is 0 Å². The molecule has 0 saturated carbocycles. The molecule has 6 rings (SSSR count). The summed E-state index contributed by atoms with van der Waals surface area (Å²) < 4.78 is 0. The molecule has 0 saturated heterocycles. The van der Waals surface area contributed by atoms with Crippen LogP contribution in [0.1, 0.15) is 129 Å². The molecule has 4 nitrogen and oxygen atoms in total. The van der Waals surface area contributed by atoms with E-state index in [1.807, 2.05) is 12.1 Å². The summed E-state index contributed by atoms with van der Waals surface area (Å²) in [5.74, 6) is 0.710. The number of rotatable bonds is 2. The van der Waals surface area contributed by atoms with Gasteiger partial charge in [0.2, 0.25) is 0 Å². The number of benzene rings is 5. The van der Waals surface area contributed by atoms with Crippen LogP contribution in [-0.2, 0) is 41.9 Å². The van der Waals surface area contributed by atoms with Crippen LogP contribution in [0.25, 0.3) is 0 Å². The summed E-state index contributed by atoms with van der Waals surface area (Å²) in [6, 6.07) is 24.8. The topological polar surface area (TPSA) is 80.9 Å². The minimum Gasteiger partial charge on any atom is -0.507 e. The lowest BCUT2D eigenvalue weighted by molar-refractivity contribution is 0.448. The van der Waals surface area contributed by atoms with Crippen molar-refractivity contribution in [2.75, 3.05) is 0 Å². The zero-order chi connectivity index (χ0) is 37.9. The van der Waals surface area contributed by atoms with Gasteiger partial charge in [-0.25, -0.2) is 0 Å². The van der Waals surface area contributed by atoms with Crippen LogP contribution in [0.15, 0.2) is 82.6 Å². The highest BCUT2D eigenvalue weighted by molar-refractivity contribution is 7.99. The van der Waals surface area contributed by atoms with E-state index in [1.165, 1.54) is 5.56 Å². The molecule has 0 heterocycles. The van der Waals surface area contributed by atoms with Crippen LogP contribution in [0, 0.1) is 6.92 Å². The van der Waals surface area contributed by atoms with E-state index in [0.29, 0.717) is 36.8 Å². The molecule has 272 valence electrons. The van der Waals surface area contributed by atoms with Gasteiger partial charge in [0.05, 0.1) is 0 Å². The third-order valence-corrected chi connectivity index (χ3v) is 11.4. The second kappa shape index (κ2) is 13.6. The quantitative estimate of drug-likeness (QED) is 0.144. The van der Waals surface area contributed by atoms with Crippen LogP contribution in [0.5, 0.6) is 23.0 Å². The first-order valence-corrected chi connectivity index (χ1v) is 19.1. The second-order valence-electron chi connectivity index (χ2n) is 17.9. The van der Waals surface area contributed by atoms with Gasteiger partial charge in [0.25, 0.3) is 0 Å². The van der Waals surface area contributed by atoms with Crippen molar-refractivity contribution in [2.45, 2.75) is 121 Å². The number of aryl methyl sites for hydroxylation is 1. The maximum absolute atomic E-state index is 12.0. The smallest absolute Gasteiger partial charge is 0.122 e. The van der Waals surface area contributed by atoms with E-state index < -0.39 is 0 Å². The number of fused-ring (bicyclic) bond motifs is 8. The molecule has 1 aliphatic carbocycles. The molecule has 0 aliphatic heterocycles.